The number of hydrogen-bond donors (Lipinski definition) is 0. The minimum absolute atomic E-state index is 1.03. The molecule has 0 fully saturated rings. The summed E-state index contributed by atoms with van der Waals surface area (Å²) in [6.45, 7) is 4.36. The maximum Gasteiger partial charge on any atom is 0.0432 e. The van der Waals surface area contributed by atoms with Crippen molar-refractivity contribution < 1.29 is 0 Å². The molecule has 0 aromatic carbocycles. The summed E-state index contributed by atoms with van der Waals surface area (Å²) in [5.74, 6) is 0. The molecule has 0 N–H and O–H groups in total. The van der Waals surface area contributed by atoms with Gasteiger partial charge in [0.1, 0.15) is 0 Å². The number of unbranched alkanes of at least 4 members (excludes halogenated alkanes) is 2. The van der Waals surface area contributed by atoms with Crippen LogP contribution >= 0.6 is 0 Å². The molecule has 2 heteroatoms. The van der Waals surface area contributed by atoms with Gasteiger partial charge in [0.2, 0.25) is 0 Å². The molecule has 0 aliphatic heterocycles. The summed E-state index contributed by atoms with van der Waals surface area (Å²) in [7, 11) is 0. The second-order valence-corrected chi connectivity index (χ2v) is 5.49. The predicted molar refractivity (Wildman–Crippen MR) is 88.5 cm³/mol. The normalized spacial score (nSPS) is 10.8. The Morgan fingerprint density at radius 1 is 0.714 bits per heavy atom. The van der Waals surface area contributed by atoms with Gasteiger partial charge in [-0.2, -0.15) is 0 Å². The summed E-state index contributed by atoms with van der Waals surface area (Å²) in [6, 6.07) is 8.56. The monoisotopic (exact) mass is 282 g/mol. The first-order valence-electron chi connectivity index (χ1n) is 8.20. The lowest BCUT2D eigenvalue weighted by Crippen LogP contribution is -1.98. The van der Waals surface area contributed by atoms with Crippen molar-refractivity contribution in [2.45, 2.75) is 58.8 Å². The highest BCUT2D eigenvalue weighted by Crippen LogP contribution is 2.14. The maximum absolute atomic E-state index is 4.46. The molecule has 0 spiro atoms. The fourth-order valence-electron chi connectivity index (χ4n) is 2.84. The Morgan fingerprint density at radius 2 is 1.19 bits per heavy atom. The fourth-order valence-corrected chi connectivity index (χ4v) is 2.84. The van der Waals surface area contributed by atoms with Crippen molar-refractivity contribution in [1.82, 2.24) is 9.97 Å². The van der Waals surface area contributed by atoms with Gasteiger partial charge in [0, 0.05) is 23.8 Å². The maximum atomic E-state index is 4.46. The first-order valence-corrected chi connectivity index (χ1v) is 8.20. The van der Waals surface area contributed by atoms with E-state index in [0.717, 1.165) is 25.7 Å². The van der Waals surface area contributed by atoms with Crippen LogP contribution in [0.15, 0.2) is 36.7 Å². The minimum Gasteiger partial charge on any atom is -0.261 e. The van der Waals surface area contributed by atoms with Gasteiger partial charge >= 0.3 is 0 Å². The van der Waals surface area contributed by atoms with Gasteiger partial charge in [-0.1, -0.05) is 32.4 Å². The first-order chi connectivity index (χ1) is 10.3. The largest absolute Gasteiger partial charge is 0.261 e. The molecule has 0 saturated heterocycles. The number of aryl methyl sites for hydroxylation is 4. The van der Waals surface area contributed by atoms with Crippen LogP contribution in [0.1, 0.15) is 55.6 Å². The Morgan fingerprint density at radius 3 is 1.62 bits per heavy atom. The fraction of sp³-hybridized carbons (Fsp3) is 0.474. The SMILES string of the molecule is CCc1ncccc1CCCCCc1cccnc1CC. The van der Waals surface area contributed by atoms with Crippen molar-refractivity contribution >= 4 is 0 Å². The quantitative estimate of drug-likeness (QED) is 0.663. The molecule has 0 saturated carbocycles. The molecule has 0 radical (unpaired) electrons. The van der Waals surface area contributed by atoms with Gasteiger partial charge in [0.25, 0.3) is 0 Å². The van der Waals surface area contributed by atoms with E-state index in [2.05, 4.69) is 48.1 Å². The van der Waals surface area contributed by atoms with E-state index in [9.17, 15) is 0 Å². The molecule has 2 aromatic heterocycles. The number of hydrogen-bond acceptors (Lipinski definition) is 2. The average Bonchev–Trinajstić information content (AvgIpc) is 2.55. The standard InChI is InChI=1S/C19H26N2/c1-3-18-16(12-8-14-20-18)10-6-5-7-11-17-13-9-15-21-19(17)4-2/h8-9,12-15H,3-7,10-11H2,1-2H3. The lowest BCUT2D eigenvalue weighted by Gasteiger charge is -2.08. The number of aromatic nitrogens is 2. The van der Waals surface area contributed by atoms with Gasteiger partial charge in [-0.15, -0.1) is 0 Å². The van der Waals surface area contributed by atoms with E-state index in [0.29, 0.717) is 0 Å². The van der Waals surface area contributed by atoms with Crippen LogP contribution in [-0.2, 0) is 25.7 Å². The number of nitrogens with zero attached hydrogens (tertiary/aromatic N) is 2. The summed E-state index contributed by atoms with van der Waals surface area (Å²) < 4.78 is 0. The van der Waals surface area contributed by atoms with Crippen molar-refractivity contribution in [3.8, 4) is 0 Å². The average molecular weight is 282 g/mol. The van der Waals surface area contributed by atoms with Crippen molar-refractivity contribution in [2.75, 3.05) is 0 Å². The van der Waals surface area contributed by atoms with Crippen LogP contribution in [0.3, 0.4) is 0 Å². The zero-order valence-corrected chi connectivity index (χ0v) is 13.3. The Labute approximate surface area is 128 Å². The van der Waals surface area contributed by atoms with Crippen molar-refractivity contribution in [3.63, 3.8) is 0 Å². The minimum atomic E-state index is 1.03. The van der Waals surface area contributed by atoms with Crippen LogP contribution in [0.2, 0.25) is 0 Å². The van der Waals surface area contributed by atoms with Crippen molar-refractivity contribution in [1.29, 1.82) is 0 Å². The summed E-state index contributed by atoms with van der Waals surface area (Å²) >= 11 is 0. The number of rotatable bonds is 8. The van der Waals surface area contributed by atoms with Crippen LogP contribution in [0.5, 0.6) is 0 Å². The van der Waals surface area contributed by atoms with Crippen LogP contribution in [0.25, 0.3) is 0 Å². The molecule has 0 aliphatic rings. The lowest BCUT2D eigenvalue weighted by atomic mass is 10.0. The molecular weight excluding hydrogens is 256 g/mol. The summed E-state index contributed by atoms with van der Waals surface area (Å²) in [4.78, 5) is 8.92. The Balaban J connectivity index is 1.75. The third kappa shape index (κ3) is 4.66. The third-order valence-electron chi connectivity index (χ3n) is 4.03. The molecule has 2 rings (SSSR count). The summed E-state index contributed by atoms with van der Waals surface area (Å²) in [6.07, 6.45) is 12.0. The molecular formula is C19H26N2. The zero-order chi connectivity index (χ0) is 14.9. The molecule has 2 nitrogen and oxygen atoms in total. The Kier molecular flexibility index (Phi) is 6.39. The van der Waals surface area contributed by atoms with Gasteiger partial charge in [0.15, 0.2) is 0 Å². The lowest BCUT2D eigenvalue weighted by molar-refractivity contribution is 0.670. The highest BCUT2D eigenvalue weighted by molar-refractivity contribution is 5.20. The zero-order valence-electron chi connectivity index (χ0n) is 13.3. The van der Waals surface area contributed by atoms with Crippen LogP contribution in [-0.4, -0.2) is 9.97 Å². The second kappa shape index (κ2) is 8.56. The molecule has 0 unspecified atom stereocenters. The van der Waals surface area contributed by atoms with E-state index in [4.69, 9.17) is 0 Å². The highest BCUT2D eigenvalue weighted by Gasteiger charge is 2.03. The molecule has 2 heterocycles. The predicted octanol–water partition coefficient (Wildman–Crippen LogP) is 4.56. The smallest absolute Gasteiger partial charge is 0.0432 e. The first kappa shape index (κ1) is 15.7. The Hall–Kier alpha value is -1.70. The van der Waals surface area contributed by atoms with Gasteiger partial charge < -0.3 is 0 Å². The van der Waals surface area contributed by atoms with E-state index in [-0.39, 0.29) is 0 Å². The summed E-state index contributed by atoms with van der Waals surface area (Å²) in [5.41, 5.74) is 5.38. The van der Waals surface area contributed by atoms with E-state index in [1.54, 1.807) is 0 Å². The van der Waals surface area contributed by atoms with Crippen LogP contribution in [0.4, 0.5) is 0 Å². The third-order valence-corrected chi connectivity index (χ3v) is 4.03. The van der Waals surface area contributed by atoms with Gasteiger partial charge in [0.05, 0.1) is 0 Å². The number of pyridine rings is 2. The van der Waals surface area contributed by atoms with E-state index < -0.39 is 0 Å². The summed E-state index contributed by atoms with van der Waals surface area (Å²) in [5, 5.41) is 0. The van der Waals surface area contributed by atoms with Crippen LogP contribution in [0, 0.1) is 0 Å². The van der Waals surface area contributed by atoms with E-state index in [1.807, 2.05) is 12.4 Å². The molecule has 2 aromatic rings. The molecule has 112 valence electrons. The van der Waals surface area contributed by atoms with E-state index in [1.165, 1.54) is 41.8 Å². The molecule has 0 amide bonds. The van der Waals surface area contributed by atoms with Crippen LogP contribution < -0.4 is 0 Å². The molecule has 0 atom stereocenters. The highest BCUT2D eigenvalue weighted by atomic mass is 14.7. The molecule has 0 aliphatic carbocycles. The molecule has 0 bridgehead atoms. The van der Waals surface area contributed by atoms with E-state index >= 15 is 0 Å². The second-order valence-electron chi connectivity index (χ2n) is 5.49. The van der Waals surface area contributed by atoms with Gasteiger partial charge in [-0.05, 0) is 61.8 Å². The van der Waals surface area contributed by atoms with Gasteiger partial charge in [-0.3, -0.25) is 9.97 Å². The Bertz CT molecular complexity index is 499. The van der Waals surface area contributed by atoms with Crippen molar-refractivity contribution in [2.24, 2.45) is 0 Å². The van der Waals surface area contributed by atoms with Gasteiger partial charge in [-0.25, -0.2) is 0 Å². The van der Waals surface area contributed by atoms with Crippen molar-refractivity contribution in [3.05, 3.63) is 59.2 Å². The molecule has 21 heavy (non-hydrogen) atoms. The topological polar surface area (TPSA) is 25.8 Å².